The Labute approximate surface area is 174 Å². The van der Waals surface area contributed by atoms with Gasteiger partial charge in [-0.2, -0.15) is 31.4 Å². The van der Waals surface area contributed by atoms with Crippen molar-refractivity contribution in [2.45, 2.75) is 12.4 Å². The number of aromatic amines is 1. The van der Waals surface area contributed by atoms with Gasteiger partial charge in [-0.15, -0.1) is 0 Å². The minimum absolute atomic E-state index is 0.261. The number of alkyl halides is 6. The molecule has 0 saturated carbocycles. The number of carbonyl (C=O) groups is 1. The number of ether oxygens (including phenoxy) is 1. The Morgan fingerprint density at radius 3 is 2.31 bits per heavy atom. The van der Waals surface area contributed by atoms with Gasteiger partial charge in [-0.3, -0.25) is 20.0 Å². The van der Waals surface area contributed by atoms with Gasteiger partial charge in [0.2, 0.25) is 0 Å². The second-order valence-electron chi connectivity index (χ2n) is 6.22. The number of benzene rings is 2. The first-order valence-electron chi connectivity index (χ1n) is 8.41. The van der Waals surface area contributed by atoms with Crippen LogP contribution in [0.25, 0.3) is 0 Å². The molecule has 0 bridgehead atoms. The number of hydrogen-bond donors (Lipinski definition) is 2. The Kier molecular flexibility index (Phi) is 5.79. The minimum Gasteiger partial charge on any atom is -0.457 e. The first-order chi connectivity index (χ1) is 14.8. The van der Waals surface area contributed by atoms with Gasteiger partial charge in [-0.1, -0.05) is 6.07 Å². The molecule has 3 rings (SSSR count). The van der Waals surface area contributed by atoms with Gasteiger partial charge < -0.3 is 10.1 Å². The maximum atomic E-state index is 12.8. The summed E-state index contributed by atoms with van der Waals surface area (Å²) >= 11 is 0. The van der Waals surface area contributed by atoms with Gasteiger partial charge in [-0.05, 0) is 18.2 Å². The summed E-state index contributed by atoms with van der Waals surface area (Å²) in [5.41, 5.74) is -3.81. The second kappa shape index (κ2) is 8.20. The third kappa shape index (κ3) is 5.33. The molecule has 2 aromatic carbocycles. The molecule has 1 aromatic heterocycles. The SMILES string of the molecule is O=C(Nc1cc(Oc2cccc(C(F)(F)F)c2)cc([N+](=O)[O-])c1)c1cc(C(F)(F)F)[nH]n1. The van der Waals surface area contributed by atoms with Crippen LogP contribution in [0.3, 0.4) is 0 Å². The molecule has 0 fully saturated rings. The largest absolute Gasteiger partial charge is 0.457 e. The standard InChI is InChI=1S/C18H10F6N4O4/c19-17(20,21)9-2-1-3-12(4-9)32-13-6-10(5-11(7-13)28(30)31)25-16(29)14-8-15(27-26-14)18(22,23)24/h1-8H,(H,25,29)(H,26,27). The van der Waals surface area contributed by atoms with E-state index in [2.05, 4.69) is 10.4 Å². The summed E-state index contributed by atoms with van der Waals surface area (Å²) in [5.74, 6) is -1.71. The summed E-state index contributed by atoms with van der Waals surface area (Å²) in [6, 6.07) is 6.96. The predicted octanol–water partition coefficient (Wildman–Crippen LogP) is 5.40. The molecule has 14 heteroatoms. The third-order valence-corrected chi connectivity index (χ3v) is 3.87. The van der Waals surface area contributed by atoms with Gasteiger partial charge in [0.25, 0.3) is 11.6 Å². The highest BCUT2D eigenvalue weighted by Gasteiger charge is 2.34. The number of non-ortho nitro benzene ring substituents is 1. The van der Waals surface area contributed by atoms with Gasteiger partial charge in [0.15, 0.2) is 5.69 Å². The number of anilines is 1. The van der Waals surface area contributed by atoms with E-state index in [1.165, 1.54) is 6.07 Å². The van der Waals surface area contributed by atoms with E-state index >= 15 is 0 Å². The number of halogens is 6. The zero-order chi connectivity index (χ0) is 23.7. The van der Waals surface area contributed by atoms with E-state index in [4.69, 9.17) is 4.74 Å². The maximum Gasteiger partial charge on any atom is 0.432 e. The Hall–Kier alpha value is -4.10. The van der Waals surface area contributed by atoms with Crippen LogP contribution in [0.5, 0.6) is 11.5 Å². The summed E-state index contributed by atoms with van der Waals surface area (Å²) in [7, 11) is 0. The Bertz CT molecular complexity index is 1170. The zero-order valence-electron chi connectivity index (χ0n) is 15.4. The fourth-order valence-electron chi connectivity index (χ4n) is 2.47. The van der Waals surface area contributed by atoms with Gasteiger partial charge in [-0.25, -0.2) is 0 Å². The van der Waals surface area contributed by atoms with E-state index in [-0.39, 0.29) is 17.2 Å². The van der Waals surface area contributed by atoms with Crippen LogP contribution in [0.15, 0.2) is 48.5 Å². The molecule has 0 saturated heterocycles. The fourth-order valence-corrected chi connectivity index (χ4v) is 2.47. The Balaban J connectivity index is 1.87. The van der Waals surface area contributed by atoms with Crippen molar-refractivity contribution in [3.05, 3.63) is 75.6 Å². The number of hydrogen-bond acceptors (Lipinski definition) is 5. The van der Waals surface area contributed by atoms with Crippen molar-refractivity contribution >= 4 is 17.3 Å². The summed E-state index contributed by atoms with van der Waals surface area (Å²) in [6.07, 6.45) is -9.43. The molecule has 0 aliphatic heterocycles. The molecule has 0 aliphatic rings. The van der Waals surface area contributed by atoms with Crippen molar-refractivity contribution in [3.8, 4) is 11.5 Å². The number of amides is 1. The number of nitrogens with one attached hydrogen (secondary N) is 2. The lowest BCUT2D eigenvalue weighted by Gasteiger charge is -2.11. The molecule has 2 N–H and O–H groups in total. The first-order valence-corrected chi connectivity index (χ1v) is 8.41. The van der Waals surface area contributed by atoms with Crippen LogP contribution in [0.1, 0.15) is 21.7 Å². The zero-order valence-corrected chi connectivity index (χ0v) is 15.4. The molecule has 0 unspecified atom stereocenters. The highest BCUT2D eigenvalue weighted by molar-refractivity contribution is 6.03. The maximum absolute atomic E-state index is 12.8. The highest BCUT2D eigenvalue weighted by Crippen LogP contribution is 2.34. The molecule has 168 valence electrons. The number of carbonyl (C=O) groups excluding carboxylic acids is 1. The molecular formula is C18H10F6N4O4. The Morgan fingerprint density at radius 1 is 1.00 bits per heavy atom. The van der Waals surface area contributed by atoms with Crippen LogP contribution in [0.2, 0.25) is 0 Å². The summed E-state index contributed by atoms with van der Waals surface area (Å²) in [5, 5.41) is 18.2. The quantitative estimate of drug-likeness (QED) is 0.301. The normalized spacial score (nSPS) is 11.8. The minimum atomic E-state index is -4.77. The molecule has 3 aromatic rings. The third-order valence-electron chi connectivity index (χ3n) is 3.87. The van der Waals surface area contributed by atoms with Crippen molar-refractivity contribution < 1.29 is 40.8 Å². The topological polar surface area (TPSA) is 110 Å². The van der Waals surface area contributed by atoms with Crippen molar-refractivity contribution in [2.75, 3.05) is 5.32 Å². The highest BCUT2D eigenvalue weighted by atomic mass is 19.4. The van der Waals surface area contributed by atoms with Crippen molar-refractivity contribution in [3.63, 3.8) is 0 Å². The average molecular weight is 460 g/mol. The summed E-state index contributed by atoms with van der Waals surface area (Å²) in [4.78, 5) is 22.5. The molecule has 0 atom stereocenters. The number of nitro groups is 1. The second-order valence-corrected chi connectivity index (χ2v) is 6.22. The lowest BCUT2D eigenvalue weighted by Crippen LogP contribution is -2.12. The number of rotatable bonds is 5. The Morgan fingerprint density at radius 2 is 1.72 bits per heavy atom. The van der Waals surface area contributed by atoms with E-state index in [0.29, 0.717) is 12.1 Å². The van der Waals surface area contributed by atoms with Crippen molar-refractivity contribution in [1.29, 1.82) is 0 Å². The van der Waals surface area contributed by atoms with Crippen molar-refractivity contribution in [2.24, 2.45) is 0 Å². The number of H-pyrrole nitrogens is 1. The summed E-state index contributed by atoms with van der Waals surface area (Å²) in [6.45, 7) is 0. The molecule has 0 spiro atoms. The van der Waals surface area contributed by atoms with Gasteiger partial charge in [0.1, 0.15) is 17.2 Å². The van der Waals surface area contributed by atoms with Crippen molar-refractivity contribution in [1.82, 2.24) is 10.2 Å². The number of aromatic nitrogens is 2. The number of nitro benzene ring substituents is 1. The monoisotopic (exact) mass is 460 g/mol. The predicted molar refractivity (Wildman–Crippen MR) is 96.2 cm³/mol. The van der Waals surface area contributed by atoms with E-state index in [1.54, 1.807) is 5.10 Å². The average Bonchev–Trinajstić information content (AvgIpc) is 3.18. The van der Waals surface area contributed by atoms with Gasteiger partial charge in [0, 0.05) is 18.2 Å². The van der Waals surface area contributed by atoms with E-state index in [0.717, 1.165) is 30.3 Å². The van der Waals surface area contributed by atoms with Gasteiger partial charge in [0.05, 0.1) is 22.2 Å². The molecular weight excluding hydrogens is 450 g/mol. The lowest BCUT2D eigenvalue weighted by atomic mass is 10.2. The van der Waals surface area contributed by atoms with E-state index in [1.807, 2.05) is 0 Å². The molecule has 1 heterocycles. The van der Waals surface area contributed by atoms with Crippen LogP contribution < -0.4 is 10.1 Å². The molecule has 1 amide bonds. The van der Waals surface area contributed by atoms with Crippen LogP contribution in [-0.4, -0.2) is 21.0 Å². The smallest absolute Gasteiger partial charge is 0.432 e. The first kappa shape index (κ1) is 22.6. The molecule has 0 aliphatic carbocycles. The fraction of sp³-hybridized carbons (Fsp3) is 0.111. The van der Waals surface area contributed by atoms with Crippen LogP contribution >= 0.6 is 0 Å². The molecule has 32 heavy (non-hydrogen) atoms. The van der Waals surface area contributed by atoms with Crippen LogP contribution in [0, 0.1) is 10.1 Å². The van der Waals surface area contributed by atoms with E-state index in [9.17, 15) is 41.3 Å². The van der Waals surface area contributed by atoms with Crippen LogP contribution in [-0.2, 0) is 12.4 Å². The van der Waals surface area contributed by atoms with Gasteiger partial charge >= 0.3 is 12.4 Å². The van der Waals surface area contributed by atoms with Crippen LogP contribution in [0.4, 0.5) is 37.7 Å². The molecule has 8 nitrogen and oxygen atoms in total. The molecule has 0 radical (unpaired) electrons. The summed E-state index contributed by atoms with van der Waals surface area (Å²) < 4.78 is 81.7. The lowest BCUT2D eigenvalue weighted by molar-refractivity contribution is -0.384. The number of nitrogens with zero attached hydrogens (tertiary/aromatic N) is 2. The van der Waals surface area contributed by atoms with E-state index < -0.39 is 45.8 Å².